The van der Waals surface area contributed by atoms with Crippen molar-refractivity contribution in [3.63, 3.8) is 0 Å². The van der Waals surface area contributed by atoms with E-state index in [1.165, 1.54) is 6.07 Å². The van der Waals surface area contributed by atoms with E-state index in [9.17, 15) is 14.3 Å². The summed E-state index contributed by atoms with van der Waals surface area (Å²) in [6.45, 7) is 1.58. The van der Waals surface area contributed by atoms with Crippen molar-refractivity contribution in [3.05, 3.63) is 34.1 Å². The van der Waals surface area contributed by atoms with Gasteiger partial charge in [-0.1, -0.05) is 18.0 Å². The molecule has 0 unspecified atom stereocenters. The molecule has 2 nitrogen and oxygen atoms in total. The van der Waals surface area contributed by atoms with E-state index in [-0.39, 0.29) is 0 Å². The van der Waals surface area contributed by atoms with Crippen molar-refractivity contribution in [2.45, 2.75) is 31.6 Å². The van der Waals surface area contributed by atoms with Gasteiger partial charge in [-0.3, -0.25) is 4.79 Å². The zero-order valence-corrected chi connectivity index (χ0v) is 9.64. The number of carbonyl (C=O) groups is 1. The lowest BCUT2D eigenvalue weighted by Crippen LogP contribution is -2.42. The largest absolute Gasteiger partial charge is 0.481 e. The summed E-state index contributed by atoms with van der Waals surface area (Å²) >= 11 is 5.88. The maximum atomic E-state index is 13.5. The number of benzene rings is 1. The second-order valence-corrected chi connectivity index (χ2v) is 4.71. The van der Waals surface area contributed by atoms with Crippen LogP contribution in [0.25, 0.3) is 0 Å². The van der Waals surface area contributed by atoms with Crippen molar-refractivity contribution in [1.29, 1.82) is 0 Å². The van der Waals surface area contributed by atoms with Crippen molar-refractivity contribution >= 4 is 17.6 Å². The molecule has 2 rings (SSSR count). The van der Waals surface area contributed by atoms with Gasteiger partial charge in [0.15, 0.2) is 0 Å². The fourth-order valence-electron chi connectivity index (χ4n) is 2.08. The van der Waals surface area contributed by atoms with Crippen LogP contribution in [0, 0.1) is 12.7 Å². The predicted octanol–water partition coefficient (Wildman–Crippen LogP) is 3.29. The Morgan fingerprint density at radius 1 is 1.50 bits per heavy atom. The Morgan fingerprint density at radius 2 is 2.12 bits per heavy atom. The molecule has 0 aliphatic heterocycles. The van der Waals surface area contributed by atoms with Gasteiger partial charge in [-0.05, 0) is 37.5 Å². The van der Waals surface area contributed by atoms with E-state index >= 15 is 0 Å². The van der Waals surface area contributed by atoms with E-state index in [4.69, 9.17) is 11.6 Å². The molecular formula is C12H12ClFO2. The minimum atomic E-state index is -0.918. The Morgan fingerprint density at radius 3 is 2.50 bits per heavy atom. The Hall–Kier alpha value is -1.09. The lowest BCUT2D eigenvalue weighted by molar-refractivity contribution is -0.147. The molecule has 1 N–H and O–H groups in total. The highest BCUT2D eigenvalue weighted by Crippen LogP contribution is 2.45. The summed E-state index contributed by atoms with van der Waals surface area (Å²) in [6.07, 6.45) is 1.97. The van der Waals surface area contributed by atoms with E-state index in [0.717, 1.165) is 6.42 Å². The number of hydrogen-bond donors (Lipinski definition) is 1. The number of carboxylic acids is 1. The SMILES string of the molecule is Cc1c(F)cc(C2(C(=O)O)CCC2)cc1Cl. The average Bonchev–Trinajstić information content (AvgIpc) is 2.11. The fraction of sp³-hybridized carbons (Fsp3) is 0.417. The smallest absolute Gasteiger partial charge is 0.314 e. The van der Waals surface area contributed by atoms with E-state index in [1.54, 1.807) is 13.0 Å². The van der Waals surface area contributed by atoms with E-state index in [2.05, 4.69) is 0 Å². The molecule has 16 heavy (non-hydrogen) atoms. The van der Waals surface area contributed by atoms with Crippen LogP contribution in [0.15, 0.2) is 12.1 Å². The van der Waals surface area contributed by atoms with Crippen LogP contribution >= 0.6 is 11.6 Å². The third kappa shape index (κ3) is 1.50. The van der Waals surface area contributed by atoms with Crippen LogP contribution in [-0.4, -0.2) is 11.1 Å². The minimum absolute atomic E-state index is 0.294. The summed E-state index contributed by atoms with van der Waals surface area (Å²) in [5.74, 6) is -1.33. The van der Waals surface area contributed by atoms with Crippen LogP contribution < -0.4 is 0 Å². The molecule has 0 aromatic heterocycles. The molecule has 1 aromatic carbocycles. The Labute approximate surface area is 98.0 Å². The molecule has 86 valence electrons. The second kappa shape index (κ2) is 3.74. The molecule has 0 atom stereocenters. The van der Waals surface area contributed by atoms with Crippen molar-refractivity contribution in [2.75, 3.05) is 0 Å². The van der Waals surface area contributed by atoms with E-state index < -0.39 is 17.2 Å². The average molecular weight is 243 g/mol. The zero-order valence-electron chi connectivity index (χ0n) is 8.89. The summed E-state index contributed by atoms with van der Waals surface area (Å²) in [7, 11) is 0. The highest BCUT2D eigenvalue weighted by molar-refractivity contribution is 6.31. The number of aliphatic carboxylic acids is 1. The summed E-state index contributed by atoms with van der Waals surface area (Å²) in [5.41, 5.74) is -0.0670. The second-order valence-electron chi connectivity index (χ2n) is 4.31. The first kappa shape index (κ1) is 11.4. The van der Waals surface area contributed by atoms with Gasteiger partial charge >= 0.3 is 5.97 Å². The van der Waals surface area contributed by atoms with Gasteiger partial charge in [-0.15, -0.1) is 0 Å². The lowest BCUT2D eigenvalue weighted by Gasteiger charge is -2.38. The molecule has 1 saturated carbocycles. The van der Waals surface area contributed by atoms with Gasteiger partial charge in [0.25, 0.3) is 0 Å². The van der Waals surface area contributed by atoms with Crippen LogP contribution in [-0.2, 0) is 10.2 Å². The van der Waals surface area contributed by atoms with Gasteiger partial charge in [0, 0.05) is 10.6 Å². The summed E-state index contributed by atoms with van der Waals surface area (Å²) in [4.78, 5) is 11.2. The highest BCUT2D eigenvalue weighted by atomic mass is 35.5. The standard InChI is InChI=1S/C12H12ClFO2/c1-7-9(13)5-8(6-10(7)14)12(11(15)16)3-2-4-12/h5-6H,2-4H2,1H3,(H,15,16). The molecule has 1 aliphatic carbocycles. The molecule has 0 saturated heterocycles. The third-order valence-electron chi connectivity index (χ3n) is 3.45. The van der Waals surface area contributed by atoms with Crippen LogP contribution in [0.1, 0.15) is 30.4 Å². The molecule has 1 fully saturated rings. The summed E-state index contributed by atoms with van der Waals surface area (Å²) in [6, 6.07) is 2.88. The maximum Gasteiger partial charge on any atom is 0.314 e. The molecule has 0 heterocycles. The van der Waals surface area contributed by atoms with Gasteiger partial charge in [0.05, 0.1) is 5.41 Å². The number of rotatable bonds is 2. The Balaban J connectivity index is 2.52. The lowest BCUT2D eigenvalue weighted by atomic mass is 9.64. The minimum Gasteiger partial charge on any atom is -0.481 e. The Bertz CT molecular complexity index is 429. The molecular weight excluding hydrogens is 231 g/mol. The number of halogens is 2. The highest BCUT2D eigenvalue weighted by Gasteiger charge is 2.46. The van der Waals surface area contributed by atoms with Gasteiger partial charge in [0.2, 0.25) is 0 Å². The quantitative estimate of drug-likeness (QED) is 0.864. The molecule has 0 radical (unpaired) electrons. The normalized spacial score (nSPS) is 17.9. The van der Waals surface area contributed by atoms with Crippen LogP contribution in [0.5, 0.6) is 0 Å². The van der Waals surface area contributed by atoms with Crippen molar-refractivity contribution in [3.8, 4) is 0 Å². The van der Waals surface area contributed by atoms with Gasteiger partial charge in [0.1, 0.15) is 5.82 Å². The van der Waals surface area contributed by atoms with E-state index in [1.807, 2.05) is 0 Å². The van der Waals surface area contributed by atoms with Crippen molar-refractivity contribution in [2.24, 2.45) is 0 Å². The number of carboxylic acid groups (broad SMARTS) is 1. The predicted molar refractivity (Wildman–Crippen MR) is 59.3 cm³/mol. The first-order chi connectivity index (χ1) is 7.47. The van der Waals surface area contributed by atoms with Gasteiger partial charge in [-0.25, -0.2) is 4.39 Å². The van der Waals surface area contributed by atoms with Gasteiger partial charge < -0.3 is 5.11 Å². The van der Waals surface area contributed by atoms with Crippen molar-refractivity contribution < 1.29 is 14.3 Å². The van der Waals surface area contributed by atoms with Crippen LogP contribution in [0.2, 0.25) is 5.02 Å². The molecule has 0 spiro atoms. The maximum absolute atomic E-state index is 13.5. The summed E-state index contributed by atoms with van der Waals surface area (Å²) in [5, 5.41) is 9.52. The van der Waals surface area contributed by atoms with Crippen LogP contribution in [0.4, 0.5) is 4.39 Å². The first-order valence-corrected chi connectivity index (χ1v) is 5.55. The molecule has 0 bridgehead atoms. The Kier molecular flexibility index (Phi) is 2.66. The fourth-order valence-corrected chi connectivity index (χ4v) is 2.29. The first-order valence-electron chi connectivity index (χ1n) is 5.17. The van der Waals surface area contributed by atoms with Crippen molar-refractivity contribution in [1.82, 2.24) is 0 Å². The van der Waals surface area contributed by atoms with Crippen LogP contribution in [0.3, 0.4) is 0 Å². The molecule has 1 aromatic rings. The van der Waals surface area contributed by atoms with Gasteiger partial charge in [-0.2, -0.15) is 0 Å². The monoisotopic (exact) mass is 242 g/mol. The molecule has 0 amide bonds. The third-order valence-corrected chi connectivity index (χ3v) is 3.84. The molecule has 4 heteroatoms. The zero-order chi connectivity index (χ0) is 11.9. The number of hydrogen-bond acceptors (Lipinski definition) is 1. The van der Waals surface area contributed by atoms with E-state index in [0.29, 0.717) is 29.0 Å². The molecule has 1 aliphatic rings. The topological polar surface area (TPSA) is 37.3 Å². The summed E-state index contributed by atoms with van der Waals surface area (Å²) < 4.78 is 13.5.